The maximum Gasteiger partial charge on any atom is 0.303 e. The van der Waals surface area contributed by atoms with Gasteiger partial charge in [-0.1, -0.05) is 42.5 Å². The first-order valence-corrected chi connectivity index (χ1v) is 7.80. The highest BCUT2D eigenvalue weighted by atomic mass is 127. The number of aliphatic carboxylic acids is 1. The number of carboxylic acids is 1. The van der Waals surface area contributed by atoms with Gasteiger partial charge in [-0.2, -0.15) is 0 Å². The van der Waals surface area contributed by atoms with E-state index in [2.05, 4.69) is 34.7 Å². The fraction of sp³-hybridized carbons (Fsp3) is 0.188. The smallest absolute Gasteiger partial charge is 0.303 e. The first kappa shape index (κ1) is 15.3. The molecule has 4 heteroatoms. The van der Waals surface area contributed by atoms with Crippen LogP contribution >= 0.6 is 34.2 Å². The number of alkyl halides is 1. The van der Waals surface area contributed by atoms with Crippen molar-refractivity contribution < 1.29 is 9.90 Å². The van der Waals surface area contributed by atoms with E-state index in [0.717, 1.165) is 14.7 Å². The normalized spacial score (nSPS) is 12.1. The van der Waals surface area contributed by atoms with Crippen molar-refractivity contribution in [2.45, 2.75) is 18.2 Å². The van der Waals surface area contributed by atoms with E-state index in [0.29, 0.717) is 6.42 Å². The predicted octanol–water partition coefficient (Wildman–Crippen LogP) is 5.10. The largest absolute Gasteiger partial charge is 0.481 e. The second-order valence-electron chi connectivity index (χ2n) is 4.51. The van der Waals surface area contributed by atoms with Crippen LogP contribution in [0.2, 0.25) is 0 Å². The van der Waals surface area contributed by atoms with Crippen molar-refractivity contribution in [1.29, 1.82) is 0 Å². The number of benzene rings is 2. The summed E-state index contributed by atoms with van der Waals surface area (Å²) < 4.78 is 1.12. The summed E-state index contributed by atoms with van der Waals surface area (Å²) in [6.07, 6.45) is 0.531. The third-order valence-electron chi connectivity index (χ3n) is 3.05. The summed E-state index contributed by atoms with van der Waals surface area (Å²) in [4.78, 5) is 10.6. The summed E-state index contributed by atoms with van der Waals surface area (Å²) in [6.45, 7) is 0. The van der Waals surface area contributed by atoms with Crippen LogP contribution in [0.3, 0.4) is 0 Å². The fourth-order valence-corrected chi connectivity index (χ4v) is 3.09. The lowest BCUT2D eigenvalue weighted by atomic mass is 10.0. The van der Waals surface area contributed by atoms with Crippen molar-refractivity contribution in [2.75, 3.05) is 0 Å². The summed E-state index contributed by atoms with van der Waals surface area (Å²) in [6, 6.07) is 16.2. The number of hydrogen-bond donors (Lipinski definition) is 1. The lowest BCUT2D eigenvalue weighted by molar-refractivity contribution is -0.137. The standard InChI is InChI=1S/C16H14ClIO2/c17-14(8-9-16(19)20)12-6-7-13(15(18)10-12)11-4-2-1-3-5-11/h1-7,10,14H,8-9H2,(H,19,20). The van der Waals surface area contributed by atoms with Gasteiger partial charge in [0.05, 0.1) is 5.38 Å². The molecule has 0 fully saturated rings. The second-order valence-corrected chi connectivity index (χ2v) is 6.19. The Bertz CT molecular complexity index is 599. The van der Waals surface area contributed by atoms with Crippen LogP contribution in [0.5, 0.6) is 0 Å². The maximum atomic E-state index is 10.6. The van der Waals surface area contributed by atoms with Gasteiger partial charge >= 0.3 is 5.97 Å². The molecule has 2 aromatic carbocycles. The summed E-state index contributed by atoms with van der Waals surface area (Å²) in [5.74, 6) is -0.814. The average Bonchev–Trinajstić information content (AvgIpc) is 2.45. The monoisotopic (exact) mass is 400 g/mol. The van der Waals surface area contributed by atoms with E-state index in [1.807, 2.05) is 36.4 Å². The lowest BCUT2D eigenvalue weighted by Gasteiger charge is -2.11. The fourth-order valence-electron chi connectivity index (χ4n) is 1.99. The Labute approximate surface area is 136 Å². The Balaban J connectivity index is 2.20. The topological polar surface area (TPSA) is 37.3 Å². The minimum atomic E-state index is -0.814. The number of carbonyl (C=O) groups is 1. The minimum Gasteiger partial charge on any atom is -0.481 e. The molecule has 0 saturated heterocycles. The van der Waals surface area contributed by atoms with E-state index >= 15 is 0 Å². The molecule has 0 saturated carbocycles. The number of rotatable bonds is 5. The molecule has 1 unspecified atom stereocenters. The molecule has 0 amide bonds. The van der Waals surface area contributed by atoms with Gasteiger partial charge in [0.1, 0.15) is 0 Å². The molecule has 2 aromatic rings. The summed E-state index contributed by atoms with van der Waals surface area (Å²) in [7, 11) is 0. The van der Waals surface area contributed by atoms with Crippen molar-refractivity contribution >= 4 is 40.2 Å². The molecule has 2 nitrogen and oxygen atoms in total. The van der Waals surface area contributed by atoms with Crippen molar-refractivity contribution in [2.24, 2.45) is 0 Å². The van der Waals surface area contributed by atoms with Gasteiger partial charge in [0.2, 0.25) is 0 Å². The molecule has 20 heavy (non-hydrogen) atoms. The van der Waals surface area contributed by atoms with Crippen LogP contribution < -0.4 is 0 Å². The van der Waals surface area contributed by atoms with Crippen LogP contribution in [0, 0.1) is 3.57 Å². The SMILES string of the molecule is O=C(O)CCC(Cl)c1ccc(-c2ccccc2)c(I)c1. The molecule has 1 atom stereocenters. The van der Waals surface area contributed by atoms with Gasteiger partial charge in [-0.3, -0.25) is 4.79 Å². The van der Waals surface area contributed by atoms with Crippen molar-refractivity contribution in [1.82, 2.24) is 0 Å². The maximum absolute atomic E-state index is 10.6. The molecular weight excluding hydrogens is 387 g/mol. The van der Waals surface area contributed by atoms with E-state index in [1.54, 1.807) is 0 Å². The van der Waals surface area contributed by atoms with E-state index in [-0.39, 0.29) is 11.8 Å². The van der Waals surface area contributed by atoms with E-state index in [4.69, 9.17) is 16.7 Å². The molecular formula is C16H14ClIO2. The highest BCUT2D eigenvalue weighted by molar-refractivity contribution is 14.1. The molecule has 104 valence electrons. The zero-order valence-electron chi connectivity index (χ0n) is 10.7. The highest BCUT2D eigenvalue weighted by Crippen LogP contribution is 2.31. The molecule has 0 heterocycles. The zero-order valence-corrected chi connectivity index (χ0v) is 13.6. The van der Waals surface area contributed by atoms with Gasteiger partial charge in [0.15, 0.2) is 0 Å². The molecule has 0 aromatic heterocycles. The predicted molar refractivity (Wildman–Crippen MR) is 90.1 cm³/mol. The first-order valence-electron chi connectivity index (χ1n) is 6.28. The first-order chi connectivity index (χ1) is 9.58. The van der Waals surface area contributed by atoms with Gasteiger partial charge in [0, 0.05) is 9.99 Å². The third-order valence-corrected chi connectivity index (χ3v) is 4.41. The van der Waals surface area contributed by atoms with Crippen LogP contribution in [-0.4, -0.2) is 11.1 Å². The zero-order chi connectivity index (χ0) is 14.5. The Kier molecular flexibility index (Phi) is 5.43. The molecule has 2 rings (SSSR count). The Morgan fingerprint density at radius 2 is 1.90 bits per heavy atom. The number of carboxylic acid groups (broad SMARTS) is 1. The molecule has 1 N–H and O–H groups in total. The van der Waals surface area contributed by atoms with Gasteiger partial charge < -0.3 is 5.11 Å². The molecule has 0 bridgehead atoms. The van der Waals surface area contributed by atoms with Gasteiger partial charge in [-0.25, -0.2) is 0 Å². The van der Waals surface area contributed by atoms with Crippen molar-refractivity contribution in [3.05, 3.63) is 57.7 Å². The van der Waals surface area contributed by atoms with Crippen LogP contribution in [0.25, 0.3) is 11.1 Å². The Morgan fingerprint density at radius 3 is 2.50 bits per heavy atom. The number of halogens is 2. The Hall–Kier alpha value is -1.07. The second kappa shape index (κ2) is 7.09. The molecule has 0 spiro atoms. The Morgan fingerprint density at radius 1 is 1.20 bits per heavy atom. The van der Waals surface area contributed by atoms with Crippen LogP contribution in [0.4, 0.5) is 0 Å². The molecule has 0 aliphatic carbocycles. The van der Waals surface area contributed by atoms with Crippen LogP contribution in [-0.2, 0) is 4.79 Å². The van der Waals surface area contributed by atoms with Crippen molar-refractivity contribution in [3.8, 4) is 11.1 Å². The lowest BCUT2D eigenvalue weighted by Crippen LogP contribution is -1.99. The quantitative estimate of drug-likeness (QED) is 0.560. The summed E-state index contributed by atoms with van der Waals surface area (Å²) >= 11 is 8.54. The van der Waals surface area contributed by atoms with Gasteiger partial charge in [0.25, 0.3) is 0 Å². The van der Waals surface area contributed by atoms with E-state index < -0.39 is 5.97 Å². The highest BCUT2D eigenvalue weighted by Gasteiger charge is 2.12. The van der Waals surface area contributed by atoms with Crippen LogP contribution in [0.1, 0.15) is 23.8 Å². The summed E-state index contributed by atoms with van der Waals surface area (Å²) in [5, 5.41) is 8.44. The van der Waals surface area contributed by atoms with Crippen molar-refractivity contribution in [3.63, 3.8) is 0 Å². The van der Waals surface area contributed by atoms with E-state index in [1.165, 1.54) is 5.56 Å². The number of hydrogen-bond acceptors (Lipinski definition) is 1. The van der Waals surface area contributed by atoms with Gasteiger partial charge in [-0.15, -0.1) is 11.6 Å². The third kappa shape index (κ3) is 3.96. The molecule has 0 aliphatic heterocycles. The minimum absolute atomic E-state index is 0.0885. The molecule has 0 aliphatic rings. The summed E-state index contributed by atoms with van der Waals surface area (Å²) in [5.41, 5.74) is 3.30. The molecule has 0 radical (unpaired) electrons. The van der Waals surface area contributed by atoms with Crippen LogP contribution in [0.15, 0.2) is 48.5 Å². The average molecular weight is 401 g/mol. The van der Waals surface area contributed by atoms with E-state index in [9.17, 15) is 4.79 Å². The van der Waals surface area contributed by atoms with Gasteiger partial charge in [-0.05, 0) is 51.8 Å².